The van der Waals surface area contributed by atoms with Crippen molar-refractivity contribution in [3.05, 3.63) is 35.9 Å². The number of benzene rings is 1. The normalized spacial score (nSPS) is 14.4. The molecule has 7 amide bonds. The summed E-state index contributed by atoms with van der Waals surface area (Å²) in [5.74, 6) is -8.89. The van der Waals surface area contributed by atoms with Gasteiger partial charge in [-0.1, -0.05) is 30.3 Å². The first-order chi connectivity index (χ1) is 22.4. The minimum Gasteiger partial charge on any atom is -0.481 e. The third kappa shape index (κ3) is 15.1. The highest BCUT2D eigenvalue weighted by molar-refractivity contribution is 5.96. The number of carbonyl (C=O) groups is 9. The molecule has 0 aliphatic rings. The van der Waals surface area contributed by atoms with Crippen LogP contribution in [0, 0.1) is 0 Å². The summed E-state index contributed by atoms with van der Waals surface area (Å²) < 4.78 is 0. The van der Waals surface area contributed by atoms with Crippen LogP contribution in [0.4, 0.5) is 0 Å². The van der Waals surface area contributed by atoms with Gasteiger partial charge in [-0.05, 0) is 32.3 Å². The Morgan fingerprint density at radius 2 is 1.06 bits per heavy atom. The van der Waals surface area contributed by atoms with Crippen molar-refractivity contribution in [1.82, 2.24) is 26.6 Å². The number of primary amides is 2. The number of amides is 7. The monoisotopic (exact) mass is 678 g/mol. The van der Waals surface area contributed by atoms with Crippen LogP contribution in [0.15, 0.2) is 30.3 Å². The molecule has 19 heteroatoms. The molecule has 0 aromatic heterocycles. The summed E-state index contributed by atoms with van der Waals surface area (Å²) in [6, 6.07) is 0.121. The summed E-state index contributed by atoms with van der Waals surface area (Å²) >= 11 is 0. The first-order valence-corrected chi connectivity index (χ1v) is 14.7. The molecule has 48 heavy (non-hydrogen) atoms. The zero-order chi connectivity index (χ0) is 36.6. The quantitative estimate of drug-likeness (QED) is 0.0597. The lowest BCUT2D eigenvalue weighted by Crippen LogP contribution is -2.58. The van der Waals surface area contributed by atoms with Gasteiger partial charge in [0, 0.05) is 19.3 Å². The van der Waals surface area contributed by atoms with Gasteiger partial charge >= 0.3 is 11.9 Å². The van der Waals surface area contributed by atoms with Crippen LogP contribution in [0.1, 0.15) is 51.5 Å². The van der Waals surface area contributed by atoms with Crippen molar-refractivity contribution in [3.63, 3.8) is 0 Å². The summed E-state index contributed by atoms with van der Waals surface area (Å²) in [4.78, 5) is 109. The Bertz CT molecular complexity index is 1360. The lowest BCUT2D eigenvalue weighted by Gasteiger charge is -2.25. The van der Waals surface area contributed by atoms with Gasteiger partial charge in [-0.3, -0.25) is 38.4 Å². The number of rotatable bonds is 21. The molecule has 0 saturated carbocycles. The Hall–Kier alpha value is -5.59. The Balaban J connectivity index is 2.97. The van der Waals surface area contributed by atoms with Crippen LogP contribution in [0.5, 0.6) is 0 Å². The second-order valence-corrected chi connectivity index (χ2v) is 10.9. The fourth-order valence-corrected chi connectivity index (χ4v) is 4.07. The molecular weight excluding hydrogens is 636 g/mol. The second-order valence-electron chi connectivity index (χ2n) is 10.9. The molecule has 19 nitrogen and oxygen atoms in total. The summed E-state index contributed by atoms with van der Waals surface area (Å²) in [5.41, 5.74) is 16.4. The van der Waals surface area contributed by atoms with E-state index in [2.05, 4.69) is 26.6 Å². The van der Waals surface area contributed by atoms with E-state index in [0.717, 1.165) is 0 Å². The predicted octanol–water partition coefficient (Wildman–Crippen LogP) is -3.89. The van der Waals surface area contributed by atoms with Crippen molar-refractivity contribution in [1.29, 1.82) is 0 Å². The van der Waals surface area contributed by atoms with E-state index in [4.69, 9.17) is 22.3 Å². The molecule has 0 unspecified atom stereocenters. The average Bonchev–Trinajstić information content (AvgIpc) is 3.00. The minimum absolute atomic E-state index is 0.0672. The van der Waals surface area contributed by atoms with E-state index in [9.17, 15) is 48.3 Å². The van der Waals surface area contributed by atoms with Crippen LogP contribution in [0.3, 0.4) is 0 Å². The van der Waals surface area contributed by atoms with E-state index in [1.54, 1.807) is 30.3 Å². The van der Waals surface area contributed by atoms with Crippen molar-refractivity contribution in [3.8, 4) is 0 Å². The number of carboxylic acid groups (broad SMARTS) is 2. The Labute approximate surface area is 275 Å². The van der Waals surface area contributed by atoms with Crippen LogP contribution in [0.2, 0.25) is 0 Å². The Kier molecular flexibility index (Phi) is 16.7. The zero-order valence-electron chi connectivity index (χ0n) is 26.4. The molecule has 0 saturated heterocycles. The maximum atomic E-state index is 13.1. The molecule has 0 aliphatic carbocycles. The topological polar surface area (TPSA) is 332 Å². The van der Waals surface area contributed by atoms with Crippen LogP contribution in [0.25, 0.3) is 0 Å². The van der Waals surface area contributed by atoms with Gasteiger partial charge in [0.25, 0.3) is 0 Å². The van der Waals surface area contributed by atoms with Gasteiger partial charge in [0.2, 0.25) is 41.4 Å². The number of carbonyl (C=O) groups excluding carboxylic acids is 7. The summed E-state index contributed by atoms with van der Waals surface area (Å²) in [6.07, 6.45) is -2.06. The number of aliphatic carboxylic acids is 2. The van der Waals surface area contributed by atoms with Crippen LogP contribution >= 0.6 is 0 Å². The molecule has 0 radical (unpaired) electrons. The maximum Gasteiger partial charge on any atom is 0.326 e. The number of carboxylic acids is 2. The summed E-state index contributed by atoms with van der Waals surface area (Å²) in [7, 11) is 0. The van der Waals surface area contributed by atoms with Crippen LogP contribution < -0.4 is 43.8 Å². The number of hydrogen-bond donors (Lipinski definition) is 10. The number of hydrogen-bond acceptors (Lipinski definition) is 10. The van der Waals surface area contributed by atoms with Crippen molar-refractivity contribution in [2.45, 2.75) is 88.6 Å². The molecule has 13 N–H and O–H groups in total. The molecule has 0 fully saturated rings. The molecule has 1 aromatic rings. The highest BCUT2D eigenvalue weighted by Crippen LogP contribution is 2.07. The van der Waals surface area contributed by atoms with E-state index in [-0.39, 0.29) is 32.1 Å². The van der Waals surface area contributed by atoms with Gasteiger partial charge < -0.3 is 54.0 Å². The van der Waals surface area contributed by atoms with Crippen LogP contribution in [-0.2, 0) is 49.6 Å². The van der Waals surface area contributed by atoms with Gasteiger partial charge in [0.05, 0.1) is 12.5 Å². The predicted molar refractivity (Wildman–Crippen MR) is 166 cm³/mol. The highest BCUT2D eigenvalue weighted by atomic mass is 16.4. The SMILES string of the molecule is C[C@H](NC(=O)[C@H](C)NC(=O)[C@H](CCC(N)=O)NC(=O)[C@@H](N)CC(=O)O)C(=O)N[C@@H](Cc1ccccc1)C(=O)N[C@@H](CCC(N)=O)C(=O)O. The Morgan fingerprint density at radius 3 is 1.56 bits per heavy atom. The highest BCUT2D eigenvalue weighted by Gasteiger charge is 2.31. The molecule has 0 heterocycles. The average molecular weight is 679 g/mol. The molecule has 6 atom stereocenters. The molecule has 1 aromatic carbocycles. The second kappa shape index (κ2) is 19.8. The van der Waals surface area contributed by atoms with Gasteiger partial charge in [-0.15, -0.1) is 0 Å². The molecule has 0 spiro atoms. The van der Waals surface area contributed by atoms with Crippen molar-refractivity contribution < 1.29 is 53.4 Å². The third-order valence-corrected chi connectivity index (χ3v) is 6.76. The van der Waals surface area contributed by atoms with Crippen molar-refractivity contribution >= 4 is 53.3 Å². The fourth-order valence-electron chi connectivity index (χ4n) is 4.07. The summed E-state index contributed by atoms with van der Waals surface area (Å²) in [5, 5.41) is 30.0. The third-order valence-electron chi connectivity index (χ3n) is 6.76. The molecule has 0 bridgehead atoms. The van der Waals surface area contributed by atoms with Gasteiger partial charge in [-0.2, -0.15) is 0 Å². The van der Waals surface area contributed by atoms with Gasteiger partial charge in [0.1, 0.15) is 30.2 Å². The van der Waals surface area contributed by atoms with Crippen molar-refractivity contribution in [2.75, 3.05) is 0 Å². The fraction of sp³-hybridized carbons (Fsp3) is 0.483. The smallest absolute Gasteiger partial charge is 0.326 e. The molecule has 0 aliphatic heterocycles. The van der Waals surface area contributed by atoms with E-state index < -0.39 is 96.0 Å². The first kappa shape index (κ1) is 40.4. The molecule has 1 rings (SSSR count). The zero-order valence-corrected chi connectivity index (χ0v) is 26.4. The summed E-state index contributed by atoms with van der Waals surface area (Å²) in [6.45, 7) is 2.54. The van der Waals surface area contributed by atoms with Gasteiger partial charge in [-0.25, -0.2) is 4.79 Å². The first-order valence-electron chi connectivity index (χ1n) is 14.7. The molecule has 264 valence electrons. The minimum atomic E-state index is -1.51. The van der Waals surface area contributed by atoms with Gasteiger partial charge in [0.15, 0.2) is 0 Å². The van der Waals surface area contributed by atoms with E-state index in [1.165, 1.54) is 13.8 Å². The molecular formula is C29H42N8O11. The lowest BCUT2D eigenvalue weighted by atomic mass is 10.0. The van der Waals surface area contributed by atoms with E-state index in [0.29, 0.717) is 5.56 Å². The largest absolute Gasteiger partial charge is 0.481 e. The number of nitrogens with one attached hydrogen (secondary N) is 5. The standard InChI is InChI=1S/C29H42N8O11/c1-14(34-27(45)18(8-10-21(31)38)35-26(44)17(30)13-23(40)41)24(42)33-15(2)25(43)37-20(12-16-6-4-3-5-7-16)28(46)36-19(29(47)48)9-11-22(32)39/h3-7,14-15,17-20H,8-13,30H2,1-2H3,(H2,31,38)(H2,32,39)(H,33,42)(H,34,45)(H,35,44)(H,36,46)(H,37,43)(H,40,41)(H,47,48)/t14-,15-,17-,18-,19-,20-/m0/s1. The maximum absolute atomic E-state index is 13.1. The van der Waals surface area contributed by atoms with E-state index >= 15 is 0 Å². The van der Waals surface area contributed by atoms with E-state index in [1.807, 2.05) is 0 Å². The number of nitrogens with two attached hydrogens (primary N) is 3. The van der Waals surface area contributed by atoms with Crippen LogP contribution in [-0.4, -0.2) is 99.8 Å². The lowest BCUT2D eigenvalue weighted by molar-refractivity contribution is -0.142. The van der Waals surface area contributed by atoms with Crippen molar-refractivity contribution in [2.24, 2.45) is 17.2 Å². The Morgan fingerprint density at radius 1 is 0.625 bits per heavy atom.